The SMILES string of the molecule is CCN(CCc1cc(O)ccc1O)c1ccc(N(CC)CCc2cc(O)ccc2O)c2c(O)c3ccccc3c(O)c12. The van der Waals surface area contributed by atoms with Gasteiger partial charge in [-0.2, -0.15) is 0 Å². The summed E-state index contributed by atoms with van der Waals surface area (Å²) < 4.78 is 0. The lowest BCUT2D eigenvalue weighted by molar-refractivity contribution is 0.454. The number of likely N-dealkylation sites (N-methyl/N-ethyl adjacent to an activating group) is 2. The minimum Gasteiger partial charge on any atom is -0.508 e. The van der Waals surface area contributed by atoms with Crippen molar-refractivity contribution in [2.24, 2.45) is 0 Å². The van der Waals surface area contributed by atoms with Crippen LogP contribution in [0, 0.1) is 0 Å². The van der Waals surface area contributed by atoms with Crippen molar-refractivity contribution in [3.05, 3.63) is 83.9 Å². The number of hydrogen-bond acceptors (Lipinski definition) is 8. The Bertz CT molecular complexity index is 1630. The first-order valence-electron chi connectivity index (χ1n) is 14.1. The molecule has 8 nitrogen and oxygen atoms in total. The summed E-state index contributed by atoms with van der Waals surface area (Å²) in [6, 6.07) is 20.0. The molecule has 0 radical (unpaired) electrons. The van der Waals surface area contributed by atoms with Crippen LogP contribution in [0.2, 0.25) is 0 Å². The summed E-state index contributed by atoms with van der Waals surface area (Å²) in [5.41, 5.74) is 2.69. The third-order valence-corrected chi connectivity index (χ3v) is 7.95. The van der Waals surface area contributed by atoms with Crippen LogP contribution in [0.15, 0.2) is 72.8 Å². The fourth-order valence-corrected chi connectivity index (χ4v) is 5.71. The van der Waals surface area contributed by atoms with Crippen molar-refractivity contribution in [1.82, 2.24) is 0 Å². The monoisotopic (exact) mass is 568 g/mol. The summed E-state index contributed by atoms with van der Waals surface area (Å²) in [4.78, 5) is 4.15. The Kier molecular flexibility index (Phi) is 8.06. The van der Waals surface area contributed by atoms with Crippen molar-refractivity contribution < 1.29 is 30.6 Å². The van der Waals surface area contributed by atoms with Crippen molar-refractivity contribution in [2.45, 2.75) is 26.7 Å². The average molecular weight is 569 g/mol. The maximum atomic E-state index is 11.7. The highest BCUT2D eigenvalue weighted by Crippen LogP contribution is 2.49. The van der Waals surface area contributed by atoms with Gasteiger partial charge in [0.05, 0.1) is 10.8 Å². The fraction of sp³-hybridized carbons (Fsp3) is 0.235. The fourth-order valence-electron chi connectivity index (χ4n) is 5.71. The van der Waals surface area contributed by atoms with Gasteiger partial charge in [0.2, 0.25) is 0 Å². The first-order valence-corrected chi connectivity index (χ1v) is 14.1. The molecular weight excluding hydrogens is 532 g/mol. The van der Waals surface area contributed by atoms with Crippen LogP contribution in [0.25, 0.3) is 21.5 Å². The van der Waals surface area contributed by atoms with Crippen LogP contribution in [0.1, 0.15) is 25.0 Å². The van der Waals surface area contributed by atoms with Gasteiger partial charge in [0.1, 0.15) is 34.5 Å². The van der Waals surface area contributed by atoms with Crippen LogP contribution in [0.3, 0.4) is 0 Å². The molecule has 0 aliphatic heterocycles. The smallest absolute Gasteiger partial charge is 0.133 e. The minimum atomic E-state index is 0.0654. The summed E-state index contributed by atoms with van der Waals surface area (Å²) in [5.74, 6) is 0.492. The summed E-state index contributed by atoms with van der Waals surface area (Å²) in [7, 11) is 0. The number of aromatic hydroxyl groups is 6. The molecule has 0 aliphatic carbocycles. The van der Waals surface area contributed by atoms with E-state index in [1.807, 2.05) is 38.1 Å². The quantitative estimate of drug-likeness (QED) is 0.0848. The number of benzene rings is 5. The Morgan fingerprint density at radius 1 is 0.524 bits per heavy atom. The Labute approximate surface area is 244 Å². The number of rotatable bonds is 10. The molecule has 0 heterocycles. The Hall–Kier alpha value is -4.98. The molecule has 0 spiro atoms. The van der Waals surface area contributed by atoms with E-state index in [0.717, 1.165) is 11.4 Å². The van der Waals surface area contributed by atoms with Crippen molar-refractivity contribution in [1.29, 1.82) is 0 Å². The number of hydrogen-bond donors (Lipinski definition) is 6. The lowest BCUT2D eigenvalue weighted by atomic mass is 9.96. The molecule has 5 aromatic carbocycles. The Morgan fingerprint density at radius 2 is 0.929 bits per heavy atom. The molecule has 0 bridgehead atoms. The molecular formula is C34H36N2O6. The van der Waals surface area contributed by atoms with Gasteiger partial charge in [-0.1, -0.05) is 24.3 Å². The zero-order valence-electron chi connectivity index (χ0n) is 23.7. The molecule has 8 heteroatoms. The molecule has 6 N–H and O–H groups in total. The van der Waals surface area contributed by atoms with E-state index in [2.05, 4.69) is 9.80 Å². The van der Waals surface area contributed by atoms with Gasteiger partial charge in [0.15, 0.2) is 0 Å². The van der Waals surface area contributed by atoms with Crippen molar-refractivity contribution in [3.8, 4) is 34.5 Å². The molecule has 218 valence electrons. The van der Waals surface area contributed by atoms with Gasteiger partial charge in [-0.3, -0.25) is 0 Å². The van der Waals surface area contributed by atoms with Gasteiger partial charge >= 0.3 is 0 Å². The molecule has 0 fully saturated rings. The summed E-state index contributed by atoms with van der Waals surface area (Å²) >= 11 is 0. The predicted molar refractivity (Wildman–Crippen MR) is 168 cm³/mol. The second kappa shape index (κ2) is 11.9. The van der Waals surface area contributed by atoms with Crippen LogP contribution in [-0.4, -0.2) is 56.8 Å². The third kappa shape index (κ3) is 5.35. The maximum Gasteiger partial charge on any atom is 0.133 e. The number of fused-ring (bicyclic) bond motifs is 2. The zero-order valence-corrected chi connectivity index (χ0v) is 23.7. The topological polar surface area (TPSA) is 128 Å². The molecule has 0 aromatic heterocycles. The summed E-state index contributed by atoms with van der Waals surface area (Å²) in [6.07, 6.45) is 0.901. The largest absolute Gasteiger partial charge is 0.508 e. The summed E-state index contributed by atoms with van der Waals surface area (Å²) in [6.45, 7) is 6.16. The third-order valence-electron chi connectivity index (χ3n) is 7.95. The second-order valence-electron chi connectivity index (χ2n) is 10.4. The molecule has 42 heavy (non-hydrogen) atoms. The molecule has 0 saturated heterocycles. The van der Waals surface area contributed by atoms with E-state index in [4.69, 9.17) is 0 Å². The Balaban J connectivity index is 1.62. The van der Waals surface area contributed by atoms with Crippen molar-refractivity contribution >= 4 is 32.9 Å². The van der Waals surface area contributed by atoms with Gasteiger partial charge in [0.25, 0.3) is 0 Å². The van der Waals surface area contributed by atoms with E-state index < -0.39 is 0 Å². The second-order valence-corrected chi connectivity index (χ2v) is 10.4. The zero-order chi connectivity index (χ0) is 30.0. The van der Waals surface area contributed by atoms with Crippen LogP contribution < -0.4 is 9.80 Å². The van der Waals surface area contributed by atoms with Crippen molar-refractivity contribution in [2.75, 3.05) is 36.0 Å². The van der Waals surface area contributed by atoms with E-state index in [9.17, 15) is 30.6 Å². The number of phenolic OH excluding ortho intramolecular Hbond substituents is 6. The molecule has 0 aliphatic rings. The van der Waals surface area contributed by atoms with Gasteiger partial charge in [0, 0.05) is 48.3 Å². The highest BCUT2D eigenvalue weighted by atomic mass is 16.3. The molecule has 0 unspecified atom stereocenters. The van der Waals surface area contributed by atoms with Crippen LogP contribution in [-0.2, 0) is 12.8 Å². The number of phenols is 6. The van der Waals surface area contributed by atoms with Crippen LogP contribution in [0.5, 0.6) is 34.5 Å². The molecule has 0 amide bonds. The average Bonchev–Trinajstić information content (AvgIpc) is 2.99. The van der Waals surface area contributed by atoms with E-state index in [0.29, 0.717) is 71.7 Å². The summed E-state index contributed by atoms with van der Waals surface area (Å²) in [5, 5.41) is 66.0. The lowest BCUT2D eigenvalue weighted by Gasteiger charge is -2.30. The highest BCUT2D eigenvalue weighted by molar-refractivity contribution is 6.18. The molecule has 5 rings (SSSR count). The first-order chi connectivity index (χ1) is 20.2. The van der Waals surface area contributed by atoms with Gasteiger partial charge in [-0.05, 0) is 86.3 Å². The number of anilines is 2. The van der Waals surface area contributed by atoms with Crippen LogP contribution >= 0.6 is 0 Å². The van der Waals surface area contributed by atoms with Crippen LogP contribution in [0.4, 0.5) is 11.4 Å². The number of nitrogens with zero attached hydrogens (tertiary/aromatic N) is 2. The predicted octanol–water partition coefficient (Wildman–Crippen LogP) is 6.36. The van der Waals surface area contributed by atoms with E-state index in [1.54, 1.807) is 24.3 Å². The lowest BCUT2D eigenvalue weighted by Crippen LogP contribution is -2.27. The van der Waals surface area contributed by atoms with Gasteiger partial charge in [-0.25, -0.2) is 0 Å². The van der Waals surface area contributed by atoms with Gasteiger partial charge in [-0.15, -0.1) is 0 Å². The minimum absolute atomic E-state index is 0.0654. The van der Waals surface area contributed by atoms with Gasteiger partial charge < -0.3 is 40.4 Å². The Morgan fingerprint density at radius 3 is 1.31 bits per heavy atom. The van der Waals surface area contributed by atoms with E-state index in [1.165, 1.54) is 24.3 Å². The first kappa shape index (κ1) is 28.5. The molecule has 0 atom stereocenters. The maximum absolute atomic E-state index is 11.7. The highest BCUT2D eigenvalue weighted by Gasteiger charge is 2.23. The van der Waals surface area contributed by atoms with E-state index >= 15 is 0 Å². The standard InChI is InChI=1S/C34H36N2O6/c1-3-35(17-15-21-19-23(37)9-13-29(21)39)27-11-12-28(36(4-2)18-16-22-20-24(38)10-14-30(22)40)32-31(27)33(41)25-7-5-6-8-26(25)34(32)42/h5-14,19-20,37-42H,3-4,15-18H2,1-2H3. The van der Waals surface area contributed by atoms with Crippen molar-refractivity contribution in [3.63, 3.8) is 0 Å². The molecule has 5 aromatic rings. The van der Waals surface area contributed by atoms with E-state index in [-0.39, 0.29) is 34.5 Å². The normalized spacial score (nSPS) is 11.3. The molecule has 0 saturated carbocycles.